The van der Waals surface area contributed by atoms with Crippen LogP contribution >= 0.6 is 22.7 Å². The maximum absolute atomic E-state index is 2.60. The summed E-state index contributed by atoms with van der Waals surface area (Å²) >= 11 is 3.90. The van der Waals surface area contributed by atoms with E-state index < -0.39 is 0 Å². The highest BCUT2D eigenvalue weighted by atomic mass is 32.1. The summed E-state index contributed by atoms with van der Waals surface area (Å²) in [7, 11) is 0. The molecule has 12 aromatic rings. The molecule has 0 amide bonds. The summed E-state index contributed by atoms with van der Waals surface area (Å²) in [5, 5.41) is 12.8. The average Bonchev–Trinajstić information content (AvgIpc) is 3.97. The Labute approximate surface area is 446 Å². The number of benzene rings is 10. The molecule has 2 nitrogen and oxygen atoms in total. The topological polar surface area (TPSA) is 6.48 Å². The molecule has 2 aromatic heterocycles. The second-order valence-corrected chi connectivity index (χ2v) is 26.6. The van der Waals surface area contributed by atoms with Crippen molar-refractivity contribution in [2.24, 2.45) is 0 Å². The third kappa shape index (κ3) is 7.86. The highest BCUT2D eigenvalue weighted by Crippen LogP contribution is 2.55. The molecule has 12 rings (SSSR count). The number of anilines is 6. The third-order valence-corrected chi connectivity index (χ3v) is 18.3. The van der Waals surface area contributed by atoms with Gasteiger partial charge in [-0.3, -0.25) is 0 Å². The summed E-state index contributed by atoms with van der Waals surface area (Å²) < 4.78 is 5.32. The number of hydrogen-bond donors (Lipinski definition) is 0. The minimum atomic E-state index is -0.0108. The zero-order valence-electron chi connectivity index (χ0n) is 45.5. The van der Waals surface area contributed by atoms with Gasteiger partial charge in [0.25, 0.3) is 0 Å². The fraction of sp³-hybridized carbons (Fsp3) is 0.257. The van der Waals surface area contributed by atoms with Crippen molar-refractivity contribution in [1.29, 1.82) is 0 Å². The zero-order valence-corrected chi connectivity index (χ0v) is 47.1. The van der Waals surface area contributed by atoms with Crippen molar-refractivity contribution in [3.05, 3.63) is 192 Å². The Kier molecular flexibility index (Phi) is 11.4. The number of hydrogen-bond acceptors (Lipinski definition) is 4. The van der Waals surface area contributed by atoms with Gasteiger partial charge in [-0.1, -0.05) is 211 Å². The van der Waals surface area contributed by atoms with Crippen LogP contribution in [0.4, 0.5) is 34.1 Å². The molecule has 4 heteroatoms. The lowest BCUT2D eigenvalue weighted by Crippen LogP contribution is -2.15. The van der Waals surface area contributed by atoms with Gasteiger partial charge in [0, 0.05) is 58.5 Å². The molecule has 0 unspecified atom stereocenters. The number of fused-ring (bicyclic) bond motifs is 6. The van der Waals surface area contributed by atoms with Crippen LogP contribution in [-0.2, 0) is 16.2 Å². The Morgan fingerprint density at radius 1 is 0.338 bits per heavy atom. The summed E-state index contributed by atoms with van der Waals surface area (Å²) in [6.45, 7) is 30.2. The lowest BCUT2D eigenvalue weighted by Gasteiger charge is -2.33. The SMILES string of the molecule is CC(C)c1ccc(N(c2cc(N(c3ccc(C(C)C)cc3)c3cccc4c3sc3c(C(C)(C)C)cccc34)c3ccc4cc(C(C)(C)C)cc5ccc2c3c54)c2cccc3c2sc2c(C(C)(C)C)cccc23)cc1. The van der Waals surface area contributed by atoms with E-state index >= 15 is 0 Å². The van der Waals surface area contributed by atoms with Crippen LogP contribution in [0.1, 0.15) is 130 Å². The molecule has 0 bridgehead atoms. The van der Waals surface area contributed by atoms with Crippen LogP contribution in [-0.4, -0.2) is 0 Å². The van der Waals surface area contributed by atoms with Crippen molar-refractivity contribution in [2.45, 2.75) is 118 Å². The molecule has 2 heterocycles. The molecule has 0 spiro atoms. The maximum atomic E-state index is 2.60. The van der Waals surface area contributed by atoms with E-state index in [1.165, 1.54) is 112 Å². The van der Waals surface area contributed by atoms with E-state index in [0.717, 1.165) is 22.7 Å². The van der Waals surface area contributed by atoms with Crippen LogP contribution in [0.25, 0.3) is 72.7 Å². The molecule has 0 saturated heterocycles. The van der Waals surface area contributed by atoms with E-state index in [9.17, 15) is 0 Å². The van der Waals surface area contributed by atoms with Crippen molar-refractivity contribution in [3.63, 3.8) is 0 Å². The first kappa shape index (κ1) is 48.2. The van der Waals surface area contributed by atoms with Gasteiger partial charge in [-0.15, -0.1) is 22.7 Å². The van der Waals surface area contributed by atoms with Crippen molar-refractivity contribution in [1.82, 2.24) is 0 Å². The molecule has 74 heavy (non-hydrogen) atoms. The van der Waals surface area contributed by atoms with Crippen molar-refractivity contribution in [2.75, 3.05) is 9.80 Å². The first-order valence-corrected chi connectivity index (χ1v) is 28.4. The van der Waals surface area contributed by atoms with Crippen LogP contribution in [0.15, 0.2) is 164 Å². The standard InChI is InChI=1S/C70H68N2S2/c1-41(2)43-26-32-48(33-27-43)71(58-24-16-20-52-50-18-14-22-56(69(8,9)10)64(50)73-66(52)58)60-40-61(55-37-31-46-39-47(68(5,6)7)38-45-30-36-54(60)63(55)62(45)46)72(49-34-28-44(29-35-49)42(3)4)59-25-17-21-53-51-19-15-23-57(70(11,12)13)65(51)74-67(53)59/h14-42H,1-13H3. The smallest absolute Gasteiger partial charge is 0.0640 e. The number of thiophene rings is 2. The van der Waals surface area contributed by atoms with Gasteiger partial charge < -0.3 is 9.80 Å². The van der Waals surface area contributed by atoms with E-state index in [-0.39, 0.29) is 16.2 Å². The molecule has 370 valence electrons. The molecular weight excluding hydrogens is 933 g/mol. The molecule has 0 atom stereocenters. The van der Waals surface area contributed by atoms with E-state index in [2.05, 4.69) is 264 Å². The van der Waals surface area contributed by atoms with Gasteiger partial charge >= 0.3 is 0 Å². The molecule has 0 N–H and O–H groups in total. The quantitative estimate of drug-likeness (QED) is 0.140. The van der Waals surface area contributed by atoms with E-state index in [1.807, 2.05) is 22.7 Å². The monoisotopic (exact) mass is 1000 g/mol. The minimum Gasteiger partial charge on any atom is -0.308 e. The normalized spacial score (nSPS) is 12.9. The summed E-state index contributed by atoms with van der Waals surface area (Å²) in [5.74, 6) is 0.815. The van der Waals surface area contributed by atoms with Crippen LogP contribution in [0.3, 0.4) is 0 Å². The van der Waals surface area contributed by atoms with Crippen LogP contribution in [0, 0.1) is 0 Å². The van der Waals surface area contributed by atoms with Crippen LogP contribution < -0.4 is 9.80 Å². The Bertz CT molecular complexity index is 3870. The highest BCUT2D eigenvalue weighted by molar-refractivity contribution is 7.27. The second-order valence-electron chi connectivity index (χ2n) is 24.6. The highest BCUT2D eigenvalue weighted by Gasteiger charge is 2.30. The van der Waals surface area contributed by atoms with Gasteiger partial charge in [0.1, 0.15) is 0 Å². The second kappa shape index (κ2) is 17.4. The lowest BCUT2D eigenvalue weighted by atomic mass is 9.83. The van der Waals surface area contributed by atoms with Crippen LogP contribution in [0.2, 0.25) is 0 Å². The molecule has 0 fully saturated rings. The Hall–Kier alpha value is -6.72. The van der Waals surface area contributed by atoms with Gasteiger partial charge in [-0.2, -0.15) is 0 Å². The molecular formula is C70H68N2S2. The van der Waals surface area contributed by atoms with Crippen molar-refractivity contribution < 1.29 is 0 Å². The summed E-state index contributed by atoms with van der Waals surface area (Å²) in [6.07, 6.45) is 0. The fourth-order valence-corrected chi connectivity index (χ4v) is 14.7. The maximum Gasteiger partial charge on any atom is 0.0640 e. The summed E-state index contributed by atoms with van der Waals surface area (Å²) in [4.78, 5) is 5.20. The Morgan fingerprint density at radius 3 is 1.08 bits per heavy atom. The number of nitrogens with zero attached hydrogens (tertiary/aromatic N) is 2. The fourth-order valence-electron chi connectivity index (χ4n) is 11.7. The van der Waals surface area contributed by atoms with Gasteiger partial charge in [-0.25, -0.2) is 0 Å². The zero-order chi connectivity index (χ0) is 51.7. The van der Waals surface area contributed by atoms with Crippen molar-refractivity contribution in [3.8, 4) is 0 Å². The largest absolute Gasteiger partial charge is 0.308 e. The Morgan fingerprint density at radius 2 is 0.716 bits per heavy atom. The first-order valence-electron chi connectivity index (χ1n) is 26.7. The van der Waals surface area contributed by atoms with Gasteiger partial charge in [0.05, 0.1) is 32.1 Å². The van der Waals surface area contributed by atoms with E-state index in [1.54, 1.807) is 0 Å². The molecule has 0 saturated carbocycles. The average molecular weight is 1000 g/mol. The van der Waals surface area contributed by atoms with Gasteiger partial charge in [0.15, 0.2) is 0 Å². The van der Waals surface area contributed by atoms with Gasteiger partial charge in [-0.05, 0) is 115 Å². The van der Waals surface area contributed by atoms with Crippen LogP contribution in [0.5, 0.6) is 0 Å². The number of rotatable bonds is 8. The first-order chi connectivity index (χ1) is 35.3. The van der Waals surface area contributed by atoms with Gasteiger partial charge in [0.2, 0.25) is 0 Å². The molecule has 0 aliphatic heterocycles. The lowest BCUT2D eigenvalue weighted by molar-refractivity contribution is 0.591. The minimum absolute atomic E-state index is 0.00968. The third-order valence-electron chi connectivity index (χ3n) is 15.8. The summed E-state index contributed by atoms with van der Waals surface area (Å²) in [5.41, 5.74) is 13.7. The predicted molar refractivity (Wildman–Crippen MR) is 330 cm³/mol. The van der Waals surface area contributed by atoms with E-state index in [4.69, 9.17) is 0 Å². The molecule has 10 aromatic carbocycles. The van der Waals surface area contributed by atoms with Crippen molar-refractivity contribution >= 4 is 129 Å². The predicted octanol–water partition coefficient (Wildman–Crippen LogP) is 22.4. The molecule has 0 aliphatic rings. The molecule has 0 aliphatic carbocycles. The van der Waals surface area contributed by atoms with E-state index in [0.29, 0.717) is 11.8 Å². The molecule has 0 radical (unpaired) electrons. The summed E-state index contributed by atoms with van der Waals surface area (Å²) in [6, 6.07) is 63.7. The Balaban J connectivity index is 1.24.